The van der Waals surface area contributed by atoms with Gasteiger partial charge in [0, 0.05) is 37.2 Å². The second-order valence-electron chi connectivity index (χ2n) is 8.36. The summed E-state index contributed by atoms with van der Waals surface area (Å²) in [6, 6.07) is 11.1. The zero-order chi connectivity index (χ0) is 23.2. The van der Waals surface area contributed by atoms with E-state index in [-0.39, 0.29) is 12.2 Å². The first kappa shape index (κ1) is 23.1. The second kappa shape index (κ2) is 10.7. The normalized spacial score (nSPS) is 16.6. The van der Waals surface area contributed by atoms with E-state index in [1.807, 2.05) is 31.2 Å². The van der Waals surface area contributed by atoms with Crippen molar-refractivity contribution in [2.75, 3.05) is 33.4 Å². The van der Waals surface area contributed by atoms with Crippen LogP contribution in [0.1, 0.15) is 17.7 Å². The number of nitrogens with one attached hydrogen (secondary N) is 2. The predicted molar refractivity (Wildman–Crippen MR) is 126 cm³/mol. The predicted octanol–water partition coefficient (Wildman–Crippen LogP) is 2.35. The Hall–Kier alpha value is -3.07. The molecule has 2 aromatic heterocycles. The van der Waals surface area contributed by atoms with Gasteiger partial charge in [-0.25, -0.2) is 9.97 Å². The minimum Gasteiger partial charge on any atom is -0.491 e. The van der Waals surface area contributed by atoms with Gasteiger partial charge in [0.15, 0.2) is 5.82 Å². The number of pyridine rings is 1. The molecule has 0 bridgehead atoms. The average Bonchev–Trinajstić information content (AvgIpc) is 3.33. The smallest absolute Gasteiger partial charge is 0.257 e. The van der Waals surface area contributed by atoms with Gasteiger partial charge in [-0.3, -0.25) is 4.79 Å². The van der Waals surface area contributed by atoms with Crippen molar-refractivity contribution in [1.29, 1.82) is 0 Å². The molecule has 0 aliphatic carbocycles. The Balaban J connectivity index is 1.71. The molecule has 8 nitrogen and oxygen atoms in total. The fraction of sp³-hybridized carbons (Fsp3) is 0.400. The number of benzene rings is 1. The molecule has 33 heavy (non-hydrogen) atoms. The SMILES string of the molecule is CNCC(O)COc1cccc(-c2nc(C[C@@H]3CCOC3)c(C)c(-c3ccc[nH]c3=O)n2)c1. The van der Waals surface area contributed by atoms with Crippen LogP contribution in [0.3, 0.4) is 0 Å². The lowest BCUT2D eigenvalue weighted by atomic mass is 9.97. The van der Waals surface area contributed by atoms with Gasteiger partial charge in [-0.2, -0.15) is 0 Å². The lowest BCUT2D eigenvalue weighted by molar-refractivity contribution is 0.108. The highest BCUT2D eigenvalue weighted by Gasteiger charge is 2.22. The minimum atomic E-state index is -0.606. The summed E-state index contributed by atoms with van der Waals surface area (Å²) in [6.45, 7) is 4.09. The summed E-state index contributed by atoms with van der Waals surface area (Å²) in [5.41, 5.74) is 3.58. The number of likely N-dealkylation sites (N-methyl/N-ethyl adjacent to an activating group) is 1. The number of rotatable bonds is 9. The quantitative estimate of drug-likeness (QED) is 0.459. The van der Waals surface area contributed by atoms with Crippen LogP contribution in [-0.2, 0) is 11.2 Å². The van der Waals surface area contributed by atoms with Gasteiger partial charge in [-0.15, -0.1) is 0 Å². The lowest BCUT2D eigenvalue weighted by Crippen LogP contribution is -2.29. The van der Waals surface area contributed by atoms with E-state index in [1.165, 1.54) is 0 Å². The maximum atomic E-state index is 12.5. The number of aromatic amines is 1. The van der Waals surface area contributed by atoms with Gasteiger partial charge >= 0.3 is 0 Å². The van der Waals surface area contributed by atoms with Gasteiger partial charge < -0.3 is 24.9 Å². The van der Waals surface area contributed by atoms with Crippen molar-refractivity contribution in [2.24, 2.45) is 5.92 Å². The van der Waals surface area contributed by atoms with E-state index in [1.54, 1.807) is 25.4 Å². The highest BCUT2D eigenvalue weighted by atomic mass is 16.5. The minimum absolute atomic E-state index is 0.177. The van der Waals surface area contributed by atoms with E-state index in [4.69, 9.17) is 19.4 Å². The number of H-pyrrole nitrogens is 1. The van der Waals surface area contributed by atoms with Crippen LogP contribution < -0.4 is 15.6 Å². The van der Waals surface area contributed by atoms with E-state index in [2.05, 4.69) is 10.3 Å². The van der Waals surface area contributed by atoms with E-state index < -0.39 is 6.10 Å². The topological polar surface area (TPSA) is 109 Å². The van der Waals surface area contributed by atoms with Crippen molar-refractivity contribution in [3.05, 3.63) is 64.2 Å². The van der Waals surface area contributed by atoms with Gasteiger partial charge in [-0.1, -0.05) is 12.1 Å². The number of aliphatic hydroxyl groups excluding tert-OH is 1. The summed E-state index contributed by atoms with van der Waals surface area (Å²) < 4.78 is 11.3. The Morgan fingerprint density at radius 1 is 1.30 bits per heavy atom. The van der Waals surface area contributed by atoms with E-state index in [0.29, 0.717) is 35.3 Å². The first-order valence-corrected chi connectivity index (χ1v) is 11.2. The molecule has 0 saturated carbocycles. The molecular formula is C25H30N4O4. The first-order chi connectivity index (χ1) is 16.0. The van der Waals surface area contributed by atoms with Gasteiger partial charge in [0.25, 0.3) is 5.56 Å². The van der Waals surface area contributed by atoms with Crippen molar-refractivity contribution >= 4 is 0 Å². The summed E-state index contributed by atoms with van der Waals surface area (Å²) in [5.74, 6) is 1.56. The Labute approximate surface area is 193 Å². The zero-order valence-electron chi connectivity index (χ0n) is 19.0. The molecule has 8 heteroatoms. The molecule has 1 fully saturated rings. The van der Waals surface area contributed by atoms with Gasteiger partial charge in [0.2, 0.25) is 0 Å². The molecule has 1 saturated heterocycles. The average molecular weight is 451 g/mol. The Kier molecular flexibility index (Phi) is 7.49. The van der Waals surface area contributed by atoms with Gasteiger partial charge in [-0.05, 0) is 62.6 Å². The Morgan fingerprint density at radius 2 is 2.18 bits per heavy atom. The van der Waals surface area contributed by atoms with E-state index in [9.17, 15) is 9.90 Å². The number of hydrogen-bond acceptors (Lipinski definition) is 7. The van der Waals surface area contributed by atoms with Crippen LogP contribution >= 0.6 is 0 Å². The molecule has 1 unspecified atom stereocenters. The van der Waals surface area contributed by atoms with Crippen molar-refractivity contribution in [2.45, 2.75) is 25.9 Å². The standard InChI is InChI=1S/C25H30N4O4/c1-16-22(11-17-8-10-32-14-17)28-24(29-23(16)21-7-4-9-27-25(21)31)18-5-3-6-20(12-18)33-15-19(30)13-26-2/h3-7,9,12,17,19,26,30H,8,10-11,13-15H2,1-2H3,(H,27,31)/t17-,19?/m0/s1. The zero-order valence-corrected chi connectivity index (χ0v) is 19.0. The summed E-state index contributed by atoms with van der Waals surface area (Å²) in [7, 11) is 1.78. The Bertz CT molecular complexity index is 1140. The molecule has 174 valence electrons. The highest BCUT2D eigenvalue weighted by molar-refractivity contribution is 5.67. The number of aliphatic hydroxyl groups is 1. The van der Waals surface area contributed by atoms with Crippen LogP contribution in [-0.4, -0.2) is 59.6 Å². The molecule has 0 radical (unpaired) electrons. The van der Waals surface area contributed by atoms with Crippen molar-refractivity contribution in [1.82, 2.24) is 20.3 Å². The van der Waals surface area contributed by atoms with Crippen LogP contribution in [0.2, 0.25) is 0 Å². The molecule has 3 aromatic rings. The molecule has 1 aliphatic heterocycles. The third kappa shape index (κ3) is 5.65. The maximum absolute atomic E-state index is 12.5. The third-order valence-electron chi connectivity index (χ3n) is 5.80. The molecule has 0 amide bonds. The lowest BCUT2D eigenvalue weighted by Gasteiger charge is -2.16. The fourth-order valence-corrected chi connectivity index (χ4v) is 3.99. The molecule has 1 aliphatic rings. The monoisotopic (exact) mass is 450 g/mol. The number of ether oxygens (including phenoxy) is 2. The molecule has 3 N–H and O–H groups in total. The van der Waals surface area contributed by atoms with Crippen LogP contribution in [0.4, 0.5) is 0 Å². The van der Waals surface area contributed by atoms with Crippen LogP contribution in [0, 0.1) is 12.8 Å². The van der Waals surface area contributed by atoms with E-state index in [0.717, 1.165) is 42.9 Å². The Morgan fingerprint density at radius 3 is 2.94 bits per heavy atom. The van der Waals surface area contributed by atoms with Crippen molar-refractivity contribution in [3.8, 4) is 28.4 Å². The second-order valence-corrected chi connectivity index (χ2v) is 8.36. The number of nitrogens with zero attached hydrogens (tertiary/aromatic N) is 2. The van der Waals surface area contributed by atoms with Crippen LogP contribution in [0.15, 0.2) is 47.4 Å². The molecule has 3 heterocycles. The van der Waals surface area contributed by atoms with Crippen molar-refractivity contribution in [3.63, 3.8) is 0 Å². The molecule has 2 atom stereocenters. The van der Waals surface area contributed by atoms with Crippen molar-refractivity contribution < 1.29 is 14.6 Å². The van der Waals surface area contributed by atoms with Crippen LogP contribution in [0.25, 0.3) is 22.6 Å². The van der Waals surface area contributed by atoms with E-state index >= 15 is 0 Å². The summed E-state index contributed by atoms with van der Waals surface area (Å²) in [4.78, 5) is 25.0. The first-order valence-electron chi connectivity index (χ1n) is 11.2. The molecule has 1 aromatic carbocycles. The molecule has 4 rings (SSSR count). The summed E-state index contributed by atoms with van der Waals surface area (Å²) >= 11 is 0. The third-order valence-corrected chi connectivity index (χ3v) is 5.80. The maximum Gasteiger partial charge on any atom is 0.257 e. The van der Waals surface area contributed by atoms with Gasteiger partial charge in [0.05, 0.1) is 11.3 Å². The highest BCUT2D eigenvalue weighted by Crippen LogP contribution is 2.29. The number of aromatic nitrogens is 3. The largest absolute Gasteiger partial charge is 0.491 e. The molecular weight excluding hydrogens is 420 g/mol. The van der Waals surface area contributed by atoms with Crippen LogP contribution in [0.5, 0.6) is 5.75 Å². The summed E-state index contributed by atoms with van der Waals surface area (Å²) in [5, 5.41) is 12.9. The molecule has 0 spiro atoms. The fourth-order valence-electron chi connectivity index (χ4n) is 3.99. The number of hydrogen-bond donors (Lipinski definition) is 3. The summed E-state index contributed by atoms with van der Waals surface area (Å²) in [6.07, 6.45) is 2.78. The van der Waals surface area contributed by atoms with Gasteiger partial charge in [0.1, 0.15) is 18.5 Å².